The van der Waals surface area contributed by atoms with Crippen molar-refractivity contribution in [2.75, 3.05) is 41.3 Å². The van der Waals surface area contributed by atoms with Crippen LogP contribution in [0, 0.1) is 24.8 Å². The Morgan fingerprint density at radius 1 is 0.784 bits per heavy atom. The van der Waals surface area contributed by atoms with Gasteiger partial charge in [0.05, 0.1) is 17.1 Å². The lowest BCUT2D eigenvalue weighted by Crippen LogP contribution is -2.27. The van der Waals surface area contributed by atoms with Crippen LogP contribution in [-0.4, -0.2) is 52.5 Å². The van der Waals surface area contributed by atoms with E-state index in [1.807, 2.05) is 6.07 Å². The molecule has 8 heteroatoms. The smallest absolute Gasteiger partial charge is 0.204 e. The Hall–Kier alpha value is -4.12. The van der Waals surface area contributed by atoms with Crippen LogP contribution in [0.1, 0.15) is 137 Å². The average molecular weight is 693 g/mol. The molecule has 0 aliphatic carbocycles. The normalized spacial score (nSPS) is 13.3. The molecule has 1 aliphatic rings. The van der Waals surface area contributed by atoms with Gasteiger partial charge in [-0.2, -0.15) is 5.10 Å². The number of nitrogens with zero attached hydrogens (tertiary/aromatic N) is 7. The zero-order valence-electron chi connectivity index (χ0n) is 33.0. The third-order valence-corrected chi connectivity index (χ3v) is 9.85. The fourth-order valence-corrected chi connectivity index (χ4v) is 6.80. The van der Waals surface area contributed by atoms with E-state index in [2.05, 4.69) is 107 Å². The maximum atomic E-state index is 5.68. The van der Waals surface area contributed by atoms with Gasteiger partial charge in [0.2, 0.25) is 5.82 Å². The number of aryl methyl sites for hydroxylation is 1. The second-order valence-corrected chi connectivity index (χ2v) is 15.0. The molecule has 0 saturated heterocycles. The first kappa shape index (κ1) is 39.7. The molecule has 1 aromatic heterocycles. The molecular formula is C43H64N8. The SMILES string of the molecule is C#CNc1ccc(N(CC)CC)cc1-c1nc2n(n1)N=C(C(C)(C)C)C2=Nc1ccc(N(CCCCCCCC)CCCCCCCC)cc1C. The molecule has 0 spiro atoms. The van der Waals surface area contributed by atoms with Crippen molar-refractivity contribution in [1.82, 2.24) is 14.9 Å². The second-order valence-electron chi connectivity index (χ2n) is 15.0. The van der Waals surface area contributed by atoms with Gasteiger partial charge in [-0.1, -0.05) is 105 Å². The summed E-state index contributed by atoms with van der Waals surface area (Å²) in [6.45, 7) is 21.5. The van der Waals surface area contributed by atoms with Gasteiger partial charge in [-0.3, -0.25) is 0 Å². The molecule has 1 aliphatic heterocycles. The van der Waals surface area contributed by atoms with E-state index in [-0.39, 0.29) is 5.41 Å². The first-order chi connectivity index (χ1) is 24.6. The number of fused-ring (bicyclic) bond motifs is 1. The van der Waals surface area contributed by atoms with Crippen molar-refractivity contribution in [2.45, 2.75) is 132 Å². The van der Waals surface area contributed by atoms with Crippen LogP contribution < -0.4 is 15.1 Å². The van der Waals surface area contributed by atoms with Crippen LogP contribution in [0.4, 0.5) is 22.7 Å². The molecular weight excluding hydrogens is 629 g/mol. The minimum absolute atomic E-state index is 0.251. The predicted molar refractivity (Wildman–Crippen MR) is 220 cm³/mol. The van der Waals surface area contributed by atoms with Crippen molar-refractivity contribution in [3.63, 3.8) is 0 Å². The van der Waals surface area contributed by atoms with E-state index in [4.69, 9.17) is 26.6 Å². The average Bonchev–Trinajstić information content (AvgIpc) is 3.68. The number of rotatable bonds is 21. The Labute approximate surface area is 309 Å². The lowest BCUT2D eigenvalue weighted by atomic mass is 9.87. The van der Waals surface area contributed by atoms with E-state index in [0.717, 1.165) is 65.8 Å². The Bertz CT molecular complexity index is 1630. The number of hydrogen-bond donors (Lipinski definition) is 1. The highest BCUT2D eigenvalue weighted by Gasteiger charge is 2.35. The Morgan fingerprint density at radius 2 is 1.37 bits per heavy atom. The van der Waals surface area contributed by atoms with Crippen molar-refractivity contribution in [2.24, 2.45) is 15.5 Å². The Balaban J connectivity index is 1.64. The molecule has 276 valence electrons. The first-order valence-corrected chi connectivity index (χ1v) is 19.8. The molecule has 0 fully saturated rings. The molecule has 0 bridgehead atoms. The van der Waals surface area contributed by atoms with Gasteiger partial charge < -0.3 is 15.1 Å². The third kappa shape index (κ3) is 10.7. The van der Waals surface area contributed by atoms with Crippen LogP contribution in [0.15, 0.2) is 46.5 Å². The monoisotopic (exact) mass is 693 g/mol. The summed E-state index contributed by atoms with van der Waals surface area (Å²) in [6.07, 6.45) is 21.4. The van der Waals surface area contributed by atoms with Crippen molar-refractivity contribution in [1.29, 1.82) is 0 Å². The summed E-state index contributed by atoms with van der Waals surface area (Å²) in [6, 6.07) is 15.5. The summed E-state index contributed by atoms with van der Waals surface area (Å²) >= 11 is 0. The van der Waals surface area contributed by atoms with Crippen LogP contribution in [0.5, 0.6) is 0 Å². The number of benzene rings is 2. The largest absolute Gasteiger partial charge is 0.372 e. The van der Waals surface area contributed by atoms with Gasteiger partial charge in [0.1, 0.15) is 5.71 Å². The number of terminal acetylenes is 1. The molecule has 51 heavy (non-hydrogen) atoms. The van der Waals surface area contributed by atoms with Crippen molar-refractivity contribution in [3.05, 3.63) is 47.8 Å². The van der Waals surface area contributed by atoms with E-state index in [9.17, 15) is 0 Å². The molecule has 0 amide bonds. The standard InChI is InChI=1S/C43H64N8/c1-10-15-17-19-21-23-29-50(30-24-22-20-18-16-11-2)34-25-27-37(33(6)31-34)45-39-40(43(7,8)9)47-51-42(39)46-41(48-51)36-32-35(49(13-4)14-5)26-28-38(36)44-12-3/h3,25-28,31-32,44H,10-11,13-24,29-30H2,1-2,4-9H3. The minimum Gasteiger partial charge on any atom is -0.372 e. The van der Waals surface area contributed by atoms with Crippen LogP contribution in [0.3, 0.4) is 0 Å². The maximum absolute atomic E-state index is 5.68. The summed E-state index contributed by atoms with van der Waals surface area (Å²) in [5.41, 5.74) is 7.48. The van der Waals surface area contributed by atoms with Gasteiger partial charge in [0, 0.05) is 54.6 Å². The van der Waals surface area contributed by atoms with Gasteiger partial charge in [-0.25, -0.2) is 9.98 Å². The molecule has 2 heterocycles. The second kappa shape index (κ2) is 19.5. The van der Waals surface area contributed by atoms with Gasteiger partial charge in [-0.05, 0) is 75.6 Å². The van der Waals surface area contributed by atoms with E-state index in [1.165, 1.54) is 82.7 Å². The van der Waals surface area contributed by atoms with Crippen molar-refractivity contribution >= 4 is 34.2 Å². The molecule has 0 saturated carbocycles. The molecule has 0 radical (unpaired) electrons. The van der Waals surface area contributed by atoms with Gasteiger partial charge in [0.25, 0.3) is 0 Å². The van der Waals surface area contributed by atoms with Crippen LogP contribution in [0.25, 0.3) is 11.4 Å². The summed E-state index contributed by atoms with van der Waals surface area (Å²) in [4.78, 5) is 16.9. The number of aromatic nitrogens is 3. The Morgan fingerprint density at radius 3 is 1.94 bits per heavy atom. The van der Waals surface area contributed by atoms with Crippen LogP contribution >= 0.6 is 0 Å². The molecule has 2 aromatic carbocycles. The van der Waals surface area contributed by atoms with Crippen molar-refractivity contribution < 1.29 is 0 Å². The molecule has 4 rings (SSSR count). The maximum Gasteiger partial charge on any atom is 0.204 e. The minimum atomic E-state index is -0.251. The summed E-state index contributed by atoms with van der Waals surface area (Å²) in [5.74, 6) is 1.21. The summed E-state index contributed by atoms with van der Waals surface area (Å²) in [7, 11) is 0. The van der Waals surface area contributed by atoms with E-state index < -0.39 is 0 Å². The fraction of sp³-hybridized carbons (Fsp3) is 0.581. The quantitative estimate of drug-likeness (QED) is 0.0683. The molecule has 0 atom stereocenters. The molecule has 0 unspecified atom stereocenters. The lowest BCUT2D eigenvalue weighted by Gasteiger charge is -2.26. The number of unbranched alkanes of at least 4 members (excludes halogenated alkanes) is 10. The molecule has 3 aromatic rings. The van der Waals surface area contributed by atoms with Crippen LogP contribution in [0.2, 0.25) is 0 Å². The highest BCUT2D eigenvalue weighted by Crippen LogP contribution is 2.34. The summed E-state index contributed by atoms with van der Waals surface area (Å²) in [5, 5.41) is 12.9. The predicted octanol–water partition coefficient (Wildman–Crippen LogP) is 11.0. The number of nitrogens with one attached hydrogen (secondary N) is 1. The van der Waals surface area contributed by atoms with E-state index in [1.54, 1.807) is 4.79 Å². The highest BCUT2D eigenvalue weighted by atomic mass is 15.6. The molecule has 1 N–H and O–H groups in total. The zero-order chi connectivity index (χ0) is 36.8. The zero-order valence-corrected chi connectivity index (χ0v) is 33.0. The van der Waals surface area contributed by atoms with E-state index >= 15 is 0 Å². The van der Waals surface area contributed by atoms with Gasteiger partial charge >= 0.3 is 0 Å². The Kier molecular flexibility index (Phi) is 15.1. The van der Waals surface area contributed by atoms with Crippen LogP contribution in [-0.2, 0) is 0 Å². The van der Waals surface area contributed by atoms with Crippen molar-refractivity contribution in [3.8, 4) is 23.9 Å². The summed E-state index contributed by atoms with van der Waals surface area (Å²) < 4.78 is 0. The first-order valence-electron chi connectivity index (χ1n) is 19.8. The molecule has 8 nitrogen and oxygen atoms in total. The number of hydrogen-bond acceptors (Lipinski definition) is 7. The van der Waals surface area contributed by atoms with Gasteiger partial charge in [-0.15, -0.1) is 9.89 Å². The number of anilines is 3. The lowest BCUT2D eigenvalue weighted by molar-refractivity contribution is 0.575. The van der Waals surface area contributed by atoms with Gasteiger partial charge in [0.15, 0.2) is 5.82 Å². The highest BCUT2D eigenvalue weighted by molar-refractivity contribution is 6.50. The van der Waals surface area contributed by atoms with E-state index in [0.29, 0.717) is 11.6 Å². The topological polar surface area (TPSA) is 73.9 Å². The third-order valence-electron chi connectivity index (χ3n) is 9.85. The fourth-order valence-electron chi connectivity index (χ4n) is 6.80. The number of aliphatic imine (C=N–C) groups is 1.